The summed E-state index contributed by atoms with van der Waals surface area (Å²) in [6, 6.07) is 20.0. The maximum absolute atomic E-state index is 12.8. The van der Waals surface area contributed by atoms with Crippen molar-refractivity contribution in [3.8, 4) is 0 Å². The number of thioether (sulfide) groups is 1. The van der Waals surface area contributed by atoms with Crippen molar-refractivity contribution in [1.29, 1.82) is 0 Å². The van der Waals surface area contributed by atoms with Crippen molar-refractivity contribution in [2.24, 2.45) is 0 Å². The second kappa shape index (κ2) is 8.32. The molecule has 1 heterocycles. The molecule has 1 atom stereocenters. The van der Waals surface area contributed by atoms with Gasteiger partial charge in [0.25, 0.3) is 0 Å². The molecule has 3 rings (SSSR count). The number of nitrogens with zero attached hydrogens (tertiary/aromatic N) is 1. The zero-order valence-corrected chi connectivity index (χ0v) is 15.8. The average Bonchev–Trinajstić information content (AvgIpc) is 3.05. The molecule has 0 aliphatic rings. The average molecular weight is 369 g/mol. The molecule has 0 radical (unpaired) electrons. The molecule has 1 aromatic heterocycles. The number of carbonyl (C=O) groups is 1. The second-order valence-corrected chi connectivity index (χ2v) is 8.22. The number of hydrogen-bond donors (Lipinski definition) is 1. The smallest absolute Gasteiger partial charge is 0.234 e. The first-order chi connectivity index (χ1) is 12.1. The van der Waals surface area contributed by atoms with Gasteiger partial charge in [0.1, 0.15) is 0 Å². The van der Waals surface area contributed by atoms with Gasteiger partial charge in [-0.15, -0.1) is 11.3 Å². The fraction of sp³-hybridized carbons (Fsp3) is 0.200. The van der Waals surface area contributed by atoms with Crippen molar-refractivity contribution in [3.05, 3.63) is 82.9 Å². The van der Waals surface area contributed by atoms with E-state index in [4.69, 9.17) is 0 Å². The molecule has 3 aromatic rings. The third-order valence-electron chi connectivity index (χ3n) is 3.80. The molecule has 0 aliphatic carbocycles. The van der Waals surface area contributed by atoms with Gasteiger partial charge in [-0.2, -0.15) is 0 Å². The zero-order valence-electron chi connectivity index (χ0n) is 14.2. The Morgan fingerprint density at radius 1 is 1.04 bits per heavy atom. The lowest BCUT2D eigenvalue weighted by Gasteiger charge is -2.21. The number of benzene rings is 2. The largest absolute Gasteiger partial charge is 0.344 e. The lowest BCUT2D eigenvalue weighted by atomic mass is 9.98. The molecule has 25 heavy (non-hydrogen) atoms. The molecule has 5 heteroatoms. The first-order valence-electron chi connectivity index (χ1n) is 8.12. The molecule has 0 unspecified atom stereocenters. The van der Waals surface area contributed by atoms with Crippen molar-refractivity contribution >= 4 is 29.0 Å². The first kappa shape index (κ1) is 17.7. The van der Waals surface area contributed by atoms with Crippen LogP contribution in [0.25, 0.3) is 0 Å². The van der Waals surface area contributed by atoms with Gasteiger partial charge < -0.3 is 5.32 Å². The fourth-order valence-corrected chi connectivity index (χ4v) is 4.50. The molecule has 3 nitrogen and oxygen atoms in total. The zero-order chi connectivity index (χ0) is 17.6. The topological polar surface area (TPSA) is 42.0 Å². The highest BCUT2D eigenvalue weighted by Gasteiger charge is 2.21. The normalized spacial score (nSPS) is 12.1. The van der Waals surface area contributed by atoms with Crippen LogP contribution >= 0.6 is 23.1 Å². The van der Waals surface area contributed by atoms with Gasteiger partial charge in [-0.3, -0.25) is 4.79 Å². The van der Waals surface area contributed by atoms with Gasteiger partial charge in [-0.1, -0.05) is 72.4 Å². The third-order valence-corrected chi connectivity index (χ3v) is 5.99. The summed E-state index contributed by atoms with van der Waals surface area (Å²) in [6.07, 6.45) is 0. The summed E-state index contributed by atoms with van der Waals surface area (Å²) >= 11 is 3.08. The monoisotopic (exact) mass is 368 g/mol. The van der Waals surface area contributed by atoms with Gasteiger partial charge in [-0.05, 0) is 25.0 Å². The third kappa shape index (κ3) is 4.71. The van der Waals surface area contributed by atoms with Crippen molar-refractivity contribution in [3.63, 3.8) is 0 Å². The minimum absolute atomic E-state index is 0.00978. The molecule has 0 bridgehead atoms. The molecular formula is C20H20N2OS2. The van der Waals surface area contributed by atoms with E-state index in [2.05, 4.69) is 10.3 Å². The van der Waals surface area contributed by atoms with Crippen molar-refractivity contribution in [2.75, 3.05) is 0 Å². The van der Waals surface area contributed by atoms with Crippen LogP contribution in [-0.4, -0.2) is 16.1 Å². The van der Waals surface area contributed by atoms with Crippen LogP contribution in [0.2, 0.25) is 0 Å². The molecule has 128 valence electrons. The lowest BCUT2D eigenvalue weighted by Crippen LogP contribution is -2.34. The van der Waals surface area contributed by atoms with Crippen LogP contribution in [0.15, 0.2) is 70.4 Å². The predicted octanol–water partition coefficient (Wildman–Crippen LogP) is 4.84. The highest BCUT2D eigenvalue weighted by atomic mass is 32.2. The minimum Gasteiger partial charge on any atom is -0.344 e. The summed E-state index contributed by atoms with van der Waals surface area (Å²) < 4.78 is 0.927. The molecule has 0 fully saturated rings. The van der Waals surface area contributed by atoms with Crippen molar-refractivity contribution in [1.82, 2.24) is 10.3 Å². The van der Waals surface area contributed by atoms with Crippen LogP contribution < -0.4 is 5.32 Å². The number of carbonyl (C=O) groups excluding carboxylic acids is 1. The van der Waals surface area contributed by atoms with Crippen LogP contribution in [0.5, 0.6) is 0 Å². The molecule has 0 saturated carbocycles. The van der Waals surface area contributed by atoms with Crippen molar-refractivity contribution in [2.45, 2.75) is 29.5 Å². The highest BCUT2D eigenvalue weighted by molar-refractivity contribution is 8.02. The molecule has 0 aliphatic heterocycles. The maximum atomic E-state index is 12.8. The Bertz CT molecular complexity index is 778. The van der Waals surface area contributed by atoms with Gasteiger partial charge in [-0.25, -0.2) is 4.98 Å². The number of rotatable bonds is 6. The van der Waals surface area contributed by atoms with Gasteiger partial charge in [0.15, 0.2) is 4.34 Å². The molecule has 1 amide bonds. The van der Waals surface area contributed by atoms with Crippen LogP contribution in [0, 0.1) is 6.92 Å². The maximum Gasteiger partial charge on any atom is 0.234 e. The van der Waals surface area contributed by atoms with Crippen molar-refractivity contribution < 1.29 is 4.79 Å². The summed E-state index contributed by atoms with van der Waals surface area (Å²) in [5, 5.41) is 4.99. The van der Waals surface area contributed by atoms with E-state index in [1.54, 1.807) is 11.3 Å². The van der Waals surface area contributed by atoms with E-state index in [0.717, 1.165) is 21.2 Å². The van der Waals surface area contributed by atoms with E-state index in [1.165, 1.54) is 11.8 Å². The molecule has 1 N–H and O–H groups in total. The Kier molecular flexibility index (Phi) is 5.89. The van der Waals surface area contributed by atoms with E-state index in [-0.39, 0.29) is 17.2 Å². The predicted molar refractivity (Wildman–Crippen MR) is 105 cm³/mol. The van der Waals surface area contributed by atoms with Gasteiger partial charge >= 0.3 is 0 Å². The fourth-order valence-electron chi connectivity index (χ4n) is 2.50. The van der Waals surface area contributed by atoms with Crippen LogP contribution in [-0.2, 0) is 4.79 Å². The first-order valence-corrected chi connectivity index (χ1v) is 9.88. The number of nitrogens with one attached hydrogen (secondary N) is 1. The summed E-state index contributed by atoms with van der Waals surface area (Å²) in [4.78, 5) is 17.2. The Hall–Kier alpha value is -2.11. The van der Waals surface area contributed by atoms with E-state index >= 15 is 0 Å². The Morgan fingerprint density at radius 3 is 2.08 bits per heavy atom. The summed E-state index contributed by atoms with van der Waals surface area (Å²) in [5.74, 6) is 0.00978. The number of hydrogen-bond acceptors (Lipinski definition) is 4. The summed E-state index contributed by atoms with van der Waals surface area (Å²) in [7, 11) is 0. The Labute approximate surface area is 156 Å². The van der Waals surface area contributed by atoms with Gasteiger partial charge in [0.05, 0.1) is 11.3 Å². The molecule has 0 saturated heterocycles. The number of amides is 1. The Morgan fingerprint density at radius 2 is 1.60 bits per heavy atom. The molecular weight excluding hydrogens is 348 g/mol. The van der Waals surface area contributed by atoms with E-state index in [1.807, 2.05) is 79.9 Å². The molecule has 2 aromatic carbocycles. The van der Waals surface area contributed by atoms with Gasteiger partial charge in [0.2, 0.25) is 5.91 Å². The highest BCUT2D eigenvalue weighted by Crippen LogP contribution is 2.28. The quantitative estimate of drug-likeness (QED) is 0.633. The summed E-state index contributed by atoms with van der Waals surface area (Å²) in [6.45, 7) is 3.88. The van der Waals surface area contributed by atoms with Crippen LogP contribution in [0.1, 0.15) is 29.8 Å². The Balaban J connectivity index is 1.76. The number of aryl methyl sites for hydroxylation is 1. The number of thiazole rings is 1. The van der Waals surface area contributed by atoms with Gasteiger partial charge in [0, 0.05) is 11.1 Å². The SMILES string of the molecule is Cc1csc(S[C@@H](C)C(=O)NC(c2ccccc2)c2ccccc2)n1. The second-order valence-electron chi connectivity index (χ2n) is 5.78. The van der Waals surface area contributed by atoms with E-state index < -0.39 is 0 Å². The van der Waals surface area contributed by atoms with Crippen LogP contribution in [0.4, 0.5) is 0 Å². The molecule has 0 spiro atoms. The van der Waals surface area contributed by atoms with Crippen LogP contribution in [0.3, 0.4) is 0 Å². The lowest BCUT2D eigenvalue weighted by molar-refractivity contribution is -0.120. The summed E-state index contributed by atoms with van der Waals surface area (Å²) in [5.41, 5.74) is 3.14. The standard InChI is InChI=1S/C20H20N2OS2/c1-14-13-24-20(21-14)25-15(2)19(23)22-18(16-9-5-3-6-10-16)17-11-7-4-8-12-17/h3-13,15,18H,1-2H3,(H,22,23)/t15-/m0/s1. The van der Waals surface area contributed by atoms with E-state index in [0.29, 0.717) is 0 Å². The van der Waals surface area contributed by atoms with E-state index in [9.17, 15) is 4.79 Å². The minimum atomic E-state index is -0.208. The number of aromatic nitrogens is 1.